The van der Waals surface area contributed by atoms with Crippen molar-refractivity contribution >= 4 is 40.7 Å². The fourth-order valence-electron chi connectivity index (χ4n) is 2.59. The first-order chi connectivity index (χ1) is 11.7. The van der Waals surface area contributed by atoms with E-state index in [2.05, 4.69) is 5.32 Å². The van der Waals surface area contributed by atoms with Crippen molar-refractivity contribution in [1.82, 2.24) is 10.2 Å². The van der Waals surface area contributed by atoms with E-state index in [1.54, 1.807) is 0 Å². The van der Waals surface area contributed by atoms with Gasteiger partial charge in [0, 0.05) is 5.56 Å². The van der Waals surface area contributed by atoms with E-state index in [0.717, 1.165) is 29.5 Å². The molecule has 1 fully saturated rings. The highest BCUT2D eigenvalue weighted by molar-refractivity contribution is 7.18. The van der Waals surface area contributed by atoms with Gasteiger partial charge in [-0.1, -0.05) is 11.6 Å². The van der Waals surface area contributed by atoms with Crippen LogP contribution in [0.2, 0.25) is 4.34 Å². The predicted octanol–water partition coefficient (Wildman–Crippen LogP) is 3.33. The van der Waals surface area contributed by atoms with E-state index in [0.29, 0.717) is 9.24 Å². The largest absolute Gasteiger partial charge is 0.325 e. The van der Waals surface area contributed by atoms with Crippen LogP contribution >= 0.6 is 22.9 Å². The van der Waals surface area contributed by atoms with Gasteiger partial charge < -0.3 is 5.32 Å². The van der Waals surface area contributed by atoms with E-state index >= 15 is 0 Å². The molecule has 1 aromatic carbocycles. The zero-order valence-electron chi connectivity index (χ0n) is 12.8. The number of amides is 3. The molecule has 2 aromatic rings. The highest BCUT2D eigenvalue weighted by Crippen LogP contribution is 2.31. The maximum atomic E-state index is 14.1. The Morgan fingerprint density at radius 3 is 2.64 bits per heavy atom. The molecule has 25 heavy (non-hydrogen) atoms. The summed E-state index contributed by atoms with van der Waals surface area (Å²) < 4.78 is 27.9. The molecule has 1 saturated heterocycles. The van der Waals surface area contributed by atoms with Crippen molar-refractivity contribution in [1.29, 1.82) is 0 Å². The quantitative estimate of drug-likeness (QED) is 0.649. The van der Waals surface area contributed by atoms with Crippen molar-refractivity contribution in [3.8, 4) is 0 Å². The van der Waals surface area contributed by atoms with Gasteiger partial charge in [0.2, 0.25) is 0 Å². The number of carbonyl (C=O) groups excluding carboxylic acids is 3. The van der Waals surface area contributed by atoms with E-state index in [9.17, 15) is 23.2 Å². The molecule has 130 valence electrons. The summed E-state index contributed by atoms with van der Waals surface area (Å²) in [6.45, 7) is 0.742. The smallest absolute Gasteiger partial charge is 0.319 e. The lowest BCUT2D eigenvalue weighted by Crippen LogP contribution is -2.42. The van der Waals surface area contributed by atoms with Gasteiger partial charge in [0.15, 0.2) is 5.78 Å². The summed E-state index contributed by atoms with van der Waals surface area (Å²) >= 11 is 6.78. The van der Waals surface area contributed by atoms with Crippen LogP contribution in [0.1, 0.15) is 22.2 Å². The Bertz CT molecular complexity index is 901. The molecule has 9 heteroatoms. The van der Waals surface area contributed by atoms with Crippen LogP contribution in [0.4, 0.5) is 13.6 Å². The average Bonchev–Trinajstić information content (AvgIpc) is 3.07. The fraction of sp³-hybridized carbons (Fsp3) is 0.188. The van der Waals surface area contributed by atoms with Gasteiger partial charge >= 0.3 is 6.03 Å². The number of halogens is 3. The van der Waals surface area contributed by atoms with Crippen molar-refractivity contribution in [2.24, 2.45) is 0 Å². The van der Waals surface area contributed by atoms with E-state index in [1.807, 2.05) is 0 Å². The minimum absolute atomic E-state index is 0.288. The third-order valence-electron chi connectivity index (χ3n) is 3.89. The number of nitrogens with one attached hydrogen (secondary N) is 1. The number of rotatable bonds is 4. The molecule has 1 atom stereocenters. The second-order valence-corrected chi connectivity index (χ2v) is 7.31. The van der Waals surface area contributed by atoms with Gasteiger partial charge in [-0.05, 0) is 37.3 Å². The van der Waals surface area contributed by atoms with E-state index in [4.69, 9.17) is 11.6 Å². The summed E-state index contributed by atoms with van der Waals surface area (Å²) in [6.07, 6.45) is 0. The summed E-state index contributed by atoms with van der Waals surface area (Å²) in [5.74, 6) is -2.90. The SMILES string of the molecule is CC1(c2cc(F)ccc2F)NC(=O)N(CC(=O)c2ccc(Cl)s2)C1=O. The number of nitrogens with zero attached hydrogens (tertiary/aromatic N) is 1. The van der Waals surface area contributed by atoms with Crippen molar-refractivity contribution in [3.05, 3.63) is 56.7 Å². The van der Waals surface area contributed by atoms with Crippen LogP contribution in [0.25, 0.3) is 0 Å². The first-order valence-corrected chi connectivity index (χ1v) is 8.30. The van der Waals surface area contributed by atoms with Crippen LogP contribution < -0.4 is 5.32 Å². The standard InChI is InChI=1S/C16H11ClF2N2O3S/c1-16(9-6-8(18)2-3-10(9)19)14(23)21(15(24)20-16)7-11(22)12-4-5-13(17)25-12/h2-6H,7H2,1H3,(H,20,24). The second-order valence-electron chi connectivity index (χ2n) is 5.60. The van der Waals surface area contributed by atoms with Gasteiger partial charge in [0.1, 0.15) is 17.2 Å². The molecule has 0 radical (unpaired) electrons. The number of urea groups is 1. The van der Waals surface area contributed by atoms with Crippen LogP contribution in [0.5, 0.6) is 0 Å². The molecule has 1 N–H and O–H groups in total. The lowest BCUT2D eigenvalue weighted by Gasteiger charge is -2.22. The summed E-state index contributed by atoms with van der Waals surface area (Å²) in [5, 5.41) is 2.33. The summed E-state index contributed by atoms with van der Waals surface area (Å²) in [4.78, 5) is 38.0. The monoisotopic (exact) mass is 384 g/mol. The topological polar surface area (TPSA) is 66.5 Å². The molecule has 1 aliphatic heterocycles. The third kappa shape index (κ3) is 3.03. The Hall–Kier alpha value is -2.32. The van der Waals surface area contributed by atoms with Crippen LogP contribution in [0, 0.1) is 11.6 Å². The average molecular weight is 385 g/mol. The van der Waals surface area contributed by atoms with Crippen LogP contribution in [0.3, 0.4) is 0 Å². The highest BCUT2D eigenvalue weighted by atomic mass is 35.5. The molecule has 1 aliphatic rings. The van der Waals surface area contributed by atoms with Crippen LogP contribution in [-0.2, 0) is 10.3 Å². The van der Waals surface area contributed by atoms with E-state index < -0.39 is 41.4 Å². The Labute approximate surface area is 150 Å². The molecule has 0 spiro atoms. The molecule has 5 nitrogen and oxygen atoms in total. The van der Waals surface area contributed by atoms with E-state index in [-0.39, 0.29) is 10.4 Å². The Morgan fingerprint density at radius 2 is 2.00 bits per heavy atom. The number of imide groups is 1. The number of hydrogen-bond acceptors (Lipinski definition) is 4. The molecule has 3 amide bonds. The number of ketones is 1. The molecular weight excluding hydrogens is 374 g/mol. The summed E-state index contributed by atoms with van der Waals surface area (Å²) in [5.41, 5.74) is -2.10. The van der Waals surface area contributed by atoms with Gasteiger partial charge in [-0.15, -0.1) is 11.3 Å². The molecule has 2 heterocycles. The lowest BCUT2D eigenvalue weighted by molar-refractivity contribution is -0.130. The lowest BCUT2D eigenvalue weighted by atomic mass is 9.91. The first-order valence-electron chi connectivity index (χ1n) is 7.10. The number of benzene rings is 1. The van der Waals surface area contributed by atoms with Crippen molar-refractivity contribution in [3.63, 3.8) is 0 Å². The maximum absolute atomic E-state index is 14.1. The molecule has 0 aliphatic carbocycles. The van der Waals surface area contributed by atoms with Gasteiger partial charge in [0.05, 0.1) is 15.8 Å². The Morgan fingerprint density at radius 1 is 1.28 bits per heavy atom. The molecule has 1 aromatic heterocycles. The molecule has 1 unspecified atom stereocenters. The summed E-state index contributed by atoms with van der Waals surface area (Å²) in [7, 11) is 0. The normalized spacial score (nSPS) is 20.1. The van der Waals surface area contributed by atoms with Gasteiger partial charge in [-0.25, -0.2) is 13.6 Å². The summed E-state index contributed by atoms with van der Waals surface area (Å²) in [6, 6.07) is 4.78. The van der Waals surface area contributed by atoms with E-state index in [1.165, 1.54) is 19.1 Å². The molecule has 3 rings (SSSR count). The Kier molecular flexibility index (Phi) is 4.34. The molecule has 0 saturated carbocycles. The zero-order chi connectivity index (χ0) is 18.4. The number of carbonyl (C=O) groups is 3. The van der Waals surface area contributed by atoms with Gasteiger partial charge in [-0.2, -0.15) is 0 Å². The zero-order valence-corrected chi connectivity index (χ0v) is 14.4. The minimum atomic E-state index is -1.79. The number of Topliss-reactive ketones (excluding diaryl/α,β-unsaturated/α-hetero) is 1. The predicted molar refractivity (Wildman–Crippen MR) is 87.6 cm³/mol. The van der Waals surface area contributed by atoms with Crippen molar-refractivity contribution in [2.75, 3.05) is 6.54 Å². The maximum Gasteiger partial charge on any atom is 0.325 e. The first kappa shape index (κ1) is 17.5. The van der Waals surface area contributed by atoms with Crippen molar-refractivity contribution < 1.29 is 23.2 Å². The second kappa shape index (κ2) is 6.20. The van der Waals surface area contributed by atoms with Crippen molar-refractivity contribution in [2.45, 2.75) is 12.5 Å². The fourth-order valence-corrected chi connectivity index (χ4v) is 3.56. The molecule has 0 bridgehead atoms. The Balaban J connectivity index is 1.89. The minimum Gasteiger partial charge on any atom is -0.319 e. The number of hydrogen-bond donors (Lipinski definition) is 1. The van der Waals surface area contributed by atoms with Gasteiger partial charge in [0.25, 0.3) is 5.91 Å². The molecular formula is C16H11ClF2N2O3S. The number of thiophene rings is 1. The van der Waals surface area contributed by atoms with Gasteiger partial charge in [-0.3, -0.25) is 14.5 Å². The highest BCUT2D eigenvalue weighted by Gasteiger charge is 2.50. The van der Waals surface area contributed by atoms with Crippen LogP contribution in [0.15, 0.2) is 30.3 Å². The van der Waals surface area contributed by atoms with Crippen LogP contribution in [-0.4, -0.2) is 29.2 Å². The third-order valence-corrected chi connectivity index (χ3v) is 5.16.